The molecule has 1 amide bonds. The summed E-state index contributed by atoms with van der Waals surface area (Å²) in [5.41, 5.74) is 1.75. The van der Waals surface area contributed by atoms with Gasteiger partial charge in [-0.1, -0.05) is 6.08 Å². The van der Waals surface area contributed by atoms with Gasteiger partial charge >= 0.3 is 0 Å². The van der Waals surface area contributed by atoms with Crippen molar-refractivity contribution in [3.05, 3.63) is 42.5 Å². The fourth-order valence-corrected chi connectivity index (χ4v) is 2.71. The number of hydrogen-bond donors (Lipinski definition) is 2. The molecule has 1 atom stereocenters. The lowest BCUT2D eigenvalue weighted by Crippen LogP contribution is -2.35. The topological polar surface area (TPSA) is 44.4 Å². The van der Waals surface area contributed by atoms with Crippen LogP contribution in [0.15, 0.2) is 36.9 Å². The van der Waals surface area contributed by atoms with Crippen LogP contribution in [0.2, 0.25) is 0 Å². The molecule has 0 aliphatic carbocycles. The molecule has 4 nitrogen and oxygen atoms in total. The maximum absolute atomic E-state index is 11.8. The van der Waals surface area contributed by atoms with Crippen LogP contribution in [0, 0.1) is 5.92 Å². The van der Waals surface area contributed by atoms with E-state index in [1.165, 1.54) is 19.4 Å². The lowest BCUT2D eigenvalue weighted by Gasteiger charge is -2.29. The van der Waals surface area contributed by atoms with Gasteiger partial charge in [0.05, 0.1) is 0 Å². The molecule has 1 saturated heterocycles. The summed E-state index contributed by atoms with van der Waals surface area (Å²) in [6.07, 6.45) is 4.25. The van der Waals surface area contributed by atoms with Crippen LogP contribution < -0.4 is 10.6 Å². The number of likely N-dealkylation sites (tertiary alicyclic amines) is 1. The minimum Gasteiger partial charge on any atom is -0.385 e. The van der Waals surface area contributed by atoms with Crippen LogP contribution in [-0.4, -0.2) is 44.0 Å². The normalized spacial score (nSPS) is 19.0. The molecule has 1 heterocycles. The Kier molecular flexibility index (Phi) is 5.81. The third kappa shape index (κ3) is 4.90. The summed E-state index contributed by atoms with van der Waals surface area (Å²) in [6, 6.07) is 7.65. The number of piperidine rings is 1. The van der Waals surface area contributed by atoms with Crippen LogP contribution in [0.3, 0.4) is 0 Å². The van der Waals surface area contributed by atoms with Gasteiger partial charge in [0, 0.05) is 30.9 Å². The molecule has 2 N–H and O–H groups in total. The first kappa shape index (κ1) is 15.6. The van der Waals surface area contributed by atoms with Gasteiger partial charge in [0.2, 0.25) is 0 Å². The molecule has 0 saturated carbocycles. The van der Waals surface area contributed by atoms with E-state index in [4.69, 9.17) is 0 Å². The van der Waals surface area contributed by atoms with Crippen molar-refractivity contribution in [1.82, 2.24) is 10.2 Å². The van der Waals surface area contributed by atoms with Crippen LogP contribution in [0.4, 0.5) is 5.69 Å². The van der Waals surface area contributed by atoms with Crippen molar-refractivity contribution >= 4 is 11.6 Å². The van der Waals surface area contributed by atoms with Crippen molar-refractivity contribution in [3.8, 4) is 0 Å². The molecule has 4 heteroatoms. The third-order valence-corrected chi connectivity index (χ3v) is 3.87. The van der Waals surface area contributed by atoms with Crippen LogP contribution in [0.5, 0.6) is 0 Å². The quantitative estimate of drug-likeness (QED) is 0.790. The van der Waals surface area contributed by atoms with Gasteiger partial charge in [-0.2, -0.15) is 0 Å². The van der Waals surface area contributed by atoms with Gasteiger partial charge < -0.3 is 15.5 Å². The van der Waals surface area contributed by atoms with E-state index in [0.717, 1.165) is 18.8 Å². The average Bonchev–Trinajstić information content (AvgIpc) is 2.51. The number of carbonyl (C=O) groups is 1. The van der Waals surface area contributed by atoms with Crippen molar-refractivity contribution in [1.29, 1.82) is 0 Å². The molecule has 0 bridgehead atoms. The zero-order chi connectivity index (χ0) is 15.1. The van der Waals surface area contributed by atoms with E-state index in [1.54, 1.807) is 6.08 Å². The molecule has 1 aromatic carbocycles. The predicted octanol–water partition coefficient (Wildman–Crippen LogP) is 2.36. The highest BCUT2D eigenvalue weighted by Gasteiger charge is 2.16. The number of anilines is 1. The van der Waals surface area contributed by atoms with E-state index >= 15 is 0 Å². The molecule has 114 valence electrons. The van der Waals surface area contributed by atoms with E-state index in [1.807, 2.05) is 24.3 Å². The largest absolute Gasteiger partial charge is 0.385 e. The lowest BCUT2D eigenvalue weighted by atomic mass is 9.98. The van der Waals surface area contributed by atoms with Crippen molar-refractivity contribution in [3.63, 3.8) is 0 Å². The number of amides is 1. The molecule has 1 unspecified atom stereocenters. The van der Waals surface area contributed by atoms with Gasteiger partial charge in [0.25, 0.3) is 5.91 Å². The van der Waals surface area contributed by atoms with E-state index in [-0.39, 0.29) is 5.91 Å². The van der Waals surface area contributed by atoms with Crippen LogP contribution >= 0.6 is 0 Å². The van der Waals surface area contributed by atoms with E-state index in [2.05, 4.69) is 29.2 Å². The van der Waals surface area contributed by atoms with E-state index < -0.39 is 0 Å². The van der Waals surface area contributed by atoms with Crippen LogP contribution in [-0.2, 0) is 0 Å². The number of hydrogen-bond acceptors (Lipinski definition) is 3. The van der Waals surface area contributed by atoms with Gasteiger partial charge in [-0.3, -0.25) is 4.79 Å². The molecule has 1 fully saturated rings. The molecule has 1 aromatic rings. The summed E-state index contributed by atoms with van der Waals surface area (Å²) in [7, 11) is 2.18. The van der Waals surface area contributed by atoms with Crippen molar-refractivity contribution < 1.29 is 4.79 Å². The standard InChI is InChI=1S/C17H25N3O/c1-3-10-18-17(21)15-6-8-16(9-7-15)19-12-14-5-4-11-20(2)13-14/h3,6-9,14,19H,1,4-5,10-13H2,2H3,(H,18,21). The highest BCUT2D eigenvalue weighted by molar-refractivity contribution is 5.94. The molecule has 0 spiro atoms. The first-order chi connectivity index (χ1) is 10.2. The molecule has 2 rings (SSSR count). The van der Waals surface area contributed by atoms with Crippen molar-refractivity contribution in [2.45, 2.75) is 12.8 Å². The second kappa shape index (κ2) is 7.84. The van der Waals surface area contributed by atoms with Gasteiger partial charge in [0.15, 0.2) is 0 Å². The summed E-state index contributed by atoms with van der Waals surface area (Å²) in [4.78, 5) is 14.2. The number of carbonyl (C=O) groups excluding carboxylic acids is 1. The Morgan fingerprint density at radius 2 is 2.19 bits per heavy atom. The monoisotopic (exact) mass is 287 g/mol. The number of benzene rings is 1. The first-order valence-corrected chi connectivity index (χ1v) is 7.60. The summed E-state index contributed by atoms with van der Waals surface area (Å²) >= 11 is 0. The zero-order valence-electron chi connectivity index (χ0n) is 12.8. The minimum absolute atomic E-state index is 0.0599. The highest BCUT2D eigenvalue weighted by atomic mass is 16.1. The smallest absolute Gasteiger partial charge is 0.251 e. The predicted molar refractivity (Wildman–Crippen MR) is 87.7 cm³/mol. The molecule has 21 heavy (non-hydrogen) atoms. The SMILES string of the molecule is C=CCNC(=O)c1ccc(NCC2CCCN(C)C2)cc1. The lowest BCUT2D eigenvalue weighted by molar-refractivity contribution is 0.0958. The molecular weight excluding hydrogens is 262 g/mol. The highest BCUT2D eigenvalue weighted by Crippen LogP contribution is 2.16. The molecular formula is C17H25N3O. The third-order valence-electron chi connectivity index (χ3n) is 3.87. The van der Waals surface area contributed by atoms with Crippen molar-refractivity contribution in [2.24, 2.45) is 5.92 Å². The summed E-state index contributed by atoms with van der Waals surface area (Å²) < 4.78 is 0. The number of nitrogens with zero attached hydrogens (tertiary/aromatic N) is 1. The van der Waals surface area contributed by atoms with E-state index in [0.29, 0.717) is 18.0 Å². The second-order valence-corrected chi connectivity index (χ2v) is 5.73. The number of rotatable bonds is 6. The fraction of sp³-hybridized carbons (Fsp3) is 0.471. The van der Waals surface area contributed by atoms with Gasteiger partial charge in [-0.25, -0.2) is 0 Å². The molecule has 0 aromatic heterocycles. The maximum Gasteiger partial charge on any atom is 0.251 e. The minimum atomic E-state index is -0.0599. The van der Waals surface area contributed by atoms with Crippen molar-refractivity contribution in [2.75, 3.05) is 38.5 Å². The molecule has 0 radical (unpaired) electrons. The summed E-state index contributed by atoms with van der Waals surface area (Å²) in [5.74, 6) is 0.648. The van der Waals surface area contributed by atoms with Gasteiger partial charge in [-0.15, -0.1) is 6.58 Å². The van der Waals surface area contributed by atoms with E-state index in [9.17, 15) is 4.79 Å². The Bertz CT molecular complexity index is 469. The fourth-order valence-electron chi connectivity index (χ4n) is 2.71. The van der Waals surface area contributed by atoms with Crippen LogP contribution in [0.25, 0.3) is 0 Å². The van der Waals surface area contributed by atoms with Crippen LogP contribution in [0.1, 0.15) is 23.2 Å². The average molecular weight is 287 g/mol. The molecule has 1 aliphatic heterocycles. The number of nitrogens with one attached hydrogen (secondary N) is 2. The Morgan fingerprint density at radius 3 is 2.86 bits per heavy atom. The molecule has 1 aliphatic rings. The Balaban J connectivity index is 1.81. The summed E-state index contributed by atoms with van der Waals surface area (Å²) in [5, 5.41) is 6.24. The zero-order valence-corrected chi connectivity index (χ0v) is 12.8. The Hall–Kier alpha value is -1.81. The Labute approximate surface area is 127 Å². The van der Waals surface area contributed by atoms with Gasteiger partial charge in [-0.05, 0) is 56.6 Å². The second-order valence-electron chi connectivity index (χ2n) is 5.73. The maximum atomic E-state index is 11.8. The first-order valence-electron chi connectivity index (χ1n) is 7.60. The summed E-state index contributed by atoms with van der Waals surface area (Å²) in [6.45, 7) is 7.45. The van der Waals surface area contributed by atoms with Gasteiger partial charge in [0.1, 0.15) is 0 Å². The Morgan fingerprint density at radius 1 is 1.43 bits per heavy atom.